The lowest BCUT2D eigenvalue weighted by atomic mass is 10.0. The first kappa shape index (κ1) is 19.5. The van der Waals surface area contributed by atoms with Gasteiger partial charge in [-0.25, -0.2) is 4.98 Å². The summed E-state index contributed by atoms with van der Waals surface area (Å²) in [5.41, 5.74) is 3.58. The summed E-state index contributed by atoms with van der Waals surface area (Å²) in [6.07, 6.45) is 0. The van der Waals surface area contributed by atoms with Crippen LogP contribution < -0.4 is 15.4 Å². The van der Waals surface area contributed by atoms with Crippen LogP contribution in [0.25, 0.3) is 22.2 Å². The van der Waals surface area contributed by atoms with Crippen molar-refractivity contribution in [2.45, 2.75) is 0 Å². The molecule has 5 nitrogen and oxygen atoms in total. The van der Waals surface area contributed by atoms with E-state index in [-0.39, 0.29) is 11.0 Å². The molecule has 0 spiro atoms. The molecule has 0 atom stereocenters. The van der Waals surface area contributed by atoms with Gasteiger partial charge in [0.15, 0.2) is 5.11 Å². The van der Waals surface area contributed by atoms with Crippen LogP contribution in [0.15, 0.2) is 84.9 Å². The molecule has 0 aliphatic carbocycles. The van der Waals surface area contributed by atoms with Crippen LogP contribution in [-0.4, -0.2) is 23.1 Å². The maximum Gasteiger partial charge on any atom is 0.258 e. The van der Waals surface area contributed by atoms with Crippen LogP contribution >= 0.6 is 12.2 Å². The van der Waals surface area contributed by atoms with Crippen molar-refractivity contribution in [1.82, 2.24) is 10.3 Å². The number of anilines is 1. The first-order chi connectivity index (χ1) is 14.7. The van der Waals surface area contributed by atoms with Crippen molar-refractivity contribution >= 4 is 39.8 Å². The number of thiocarbonyl (C=S) groups is 1. The minimum Gasteiger partial charge on any atom is -0.495 e. The quantitative estimate of drug-likeness (QED) is 0.459. The van der Waals surface area contributed by atoms with E-state index >= 15 is 0 Å². The average Bonchev–Trinajstić information content (AvgIpc) is 2.79. The molecule has 148 valence electrons. The van der Waals surface area contributed by atoms with E-state index in [1.807, 2.05) is 78.9 Å². The number of nitrogens with zero attached hydrogens (tertiary/aromatic N) is 1. The van der Waals surface area contributed by atoms with Gasteiger partial charge in [-0.3, -0.25) is 10.1 Å². The number of benzene rings is 3. The van der Waals surface area contributed by atoms with Gasteiger partial charge in [-0.1, -0.05) is 60.7 Å². The van der Waals surface area contributed by atoms with Gasteiger partial charge in [0.25, 0.3) is 5.91 Å². The molecule has 2 N–H and O–H groups in total. The number of hydrogen-bond donors (Lipinski definition) is 2. The molecule has 0 bridgehead atoms. The highest BCUT2D eigenvalue weighted by Gasteiger charge is 2.15. The van der Waals surface area contributed by atoms with Crippen molar-refractivity contribution in [3.63, 3.8) is 0 Å². The Morgan fingerprint density at radius 2 is 1.63 bits per heavy atom. The Morgan fingerprint density at radius 1 is 0.933 bits per heavy atom. The highest BCUT2D eigenvalue weighted by molar-refractivity contribution is 7.80. The molecule has 3 aromatic carbocycles. The van der Waals surface area contributed by atoms with Crippen molar-refractivity contribution in [2.75, 3.05) is 12.4 Å². The number of amides is 1. The number of carbonyl (C=O) groups excluding carboxylic acids is 1. The van der Waals surface area contributed by atoms with Crippen molar-refractivity contribution in [2.24, 2.45) is 0 Å². The van der Waals surface area contributed by atoms with Crippen LogP contribution in [-0.2, 0) is 0 Å². The fourth-order valence-electron chi connectivity index (χ4n) is 3.19. The van der Waals surface area contributed by atoms with Gasteiger partial charge in [0.05, 0.1) is 29.6 Å². The molecule has 30 heavy (non-hydrogen) atoms. The normalized spacial score (nSPS) is 10.4. The van der Waals surface area contributed by atoms with Gasteiger partial charge in [0.2, 0.25) is 0 Å². The second-order valence-electron chi connectivity index (χ2n) is 6.55. The zero-order valence-electron chi connectivity index (χ0n) is 16.3. The molecule has 0 aliphatic heterocycles. The van der Waals surface area contributed by atoms with E-state index in [1.165, 1.54) is 0 Å². The molecule has 0 unspecified atom stereocenters. The first-order valence-corrected chi connectivity index (χ1v) is 9.77. The zero-order chi connectivity index (χ0) is 20.9. The summed E-state index contributed by atoms with van der Waals surface area (Å²) in [6.45, 7) is 0. The fraction of sp³-hybridized carbons (Fsp3) is 0.0417. The first-order valence-electron chi connectivity index (χ1n) is 9.36. The van der Waals surface area contributed by atoms with E-state index < -0.39 is 0 Å². The molecular weight excluding hydrogens is 394 g/mol. The number of ether oxygens (including phenoxy) is 1. The summed E-state index contributed by atoms with van der Waals surface area (Å²) in [4.78, 5) is 17.8. The third-order valence-corrected chi connectivity index (χ3v) is 4.82. The molecule has 4 aromatic rings. The van der Waals surface area contributed by atoms with Gasteiger partial charge in [-0.15, -0.1) is 0 Å². The fourth-order valence-corrected chi connectivity index (χ4v) is 3.39. The predicted molar refractivity (Wildman–Crippen MR) is 124 cm³/mol. The number of methoxy groups -OCH3 is 1. The molecule has 1 heterocycles. The maximum absolute atomic E-state index is 13.1. The Morgan fingerprint density at radius 3 is 2.43 bits per heavy atom. The van der Waals surface area contributed by atoms with Crippen LogP contribution in [0.4, 0.5) is 5.69 Å². The summed E-state index contributed by atoms with van der Waals surface area (Å²) in [6, 6.07) is 26.5. The molecule has 0 saturated heterocycles. The highest BCUT2D eigenvalue weighted by atomic mass is 32.1. The van der Waals surface area contributed by atoms with Gasteiger partial charge >= 0.3 is 0 Å². The number of hydrogen-bond acceptors (Lipinski definition) is 4. The molecule has 0 aliphatic rings. The number of para-hydroxylation sites is 3. The van der Waals surface area contributed by atoms with Gasteiger partial charge in [0.1, 0.15) is 5.75 Å². The van der Waals surface area contributed by atoms with Crippen LogP contribution in [0.5, 0.6) is 5.75 Å². The number of rotatable bonds is 4. The van der Waals surface area contributed by atoms with Crippen molar-refractivity contribution < 1.29 is 9.53 Å². The van der Waals surface area contributed by atoms with Crippen molar-refractivity contribution in [3.05, 3.63) is 90.5 Å². The molecule has 6 heteroatoms. The monoisotopic (exact) mass is 413 g/mol. The van der Waals surface area contributed by atoms with E-state index in [9.17, 15) is 4.79 Å². The predicted octanol–water partition coefficient (Wildman–Crippen LogP) is 5.04. The molecule has 0 radical (unpaired) electrons. The minimum absolute atomic E-state index is 0.187. The van der Waals surface area contributed by atoms with E-state index in [1.54, 1.807) is 13.2 Å². The van der Waals surface area contributed by atoms with Crippen LogP contribution in [0.2, 0.25) is 0 Å². The Labute approximate surface area is 179 Å². The summed E-state index contributed by atoms with van der Waals surface area (Å²) < 4.78 is 5.32. The van der Waals surface area contributed by atoms with Gasteiger partial charge < -0.3 is 10.1 Å². The third-order valence-electron chi connectivity index (χ3n) is 4.61. The summed E-state index contributed by atoms with van der Waals surface area (Å²) in [5, 5.41) is 6.73. The SMILES string of the molecule is COc1ccccc1NC(=S)NC(=O)c1cc(-c2ccccc2)nc2ccccc12. The third kappa shape index (κ3) is 4.14. The largest absolute Gasteiger partial charge is 0.495 e. The lowest BCUT2D eigenvalue weighted by Crippen LogP contribution is -2.34. The number of carbonyl (C=O) groups is 1. The number of fused-ring (bicyclic) bond motifs is 1. The molecule has 0 fully saturated rings. The second-order valence-corrected chi connectivity index (χ2v) is 6.96. The minimum atomic E-state index is -0.307. The maximum atomic E-state index is 13.1. The molecule has 1 amide bonds. The summed E-state index contributed by atoms with van der Waals surface area (Å²) >= 11 is 5.35. The van der Waals surface area contributed by atoms with Crippen molar-refractivity contribution in [3.8, 4) is 17.0 Å². The van der Waals surface area contributed by atoms with E-state index in [2.05, 4.69) is 10.6 Å². The van der Waals surface area contributed by atoms with Crippen LogP contribution in [0, 0.1) is 0 Å². The van der Waals surface area contributed by atoms with Gasteiger partial charge in [-0.2, -0.15) is 0 Å². The molecule has 4 rings (SSSR count). The Balaban J connectivity index is 1.65. The van der Waals surface area contributed by atoms with E-state index in [4.69, 9.17) is 21.9 Å². The second kappa shape index (κ2) is 8.71. The highest BCUT2D eigenvalue weighted by Crippen LogP contribution is 2.25. The molecule has 1 aromatic heterocycles. The smallest absolute Gasteiger partial charge is 0.258 e. The standard InChI is InChI=1S/C24H19N3O2S/c1-29-22-14-8-7-13-20(22)26-24(30)27-23(28)18-15-21(16-9-3-2-4-10-16)25-19-12-6-5-11-17(18)19/h2-15H,1H3,(H2,26,27,28,30). The zero-order valence-corrected chi connectivity index (χ0v) is 17.1. The van der Waals surface area contributed by atoms with E-state index in [0.717, 1.165) is 22.2 Å². The molecular formula is C24H19N3O2S. The van der Waals surface area contributed by atoms with Crippen LogP contribution in [0.3, 0.4) is 0 Å². The Bertz CT molecular complexity index is 1230. The average molecular weight is 414 g/mol. The Hall–Kier alpha value is -3.77. The summed E-state index contributed by atoms with van der Waals surface area (Å²) in [5.74, 6) is 0.327. The lowest BCUT2D eigenvalue weighted by Gasteiger charge is -2.14. The topological polar surface area (TPSA) is 63.2 Å². The Kier molecular flexibility index (Phi) is 5.68. The molecule has 0 saturated carbocycles. The van der Waals surface area contributed by atoms with Crippen LogP contribution in [0.1, 0.15) is 10.4 Å². The number of nitrogens with one attached hydrogen (secondary N) is 2. The lowest BCUT2D eigenvalue weighted by molar-refractivity contribution is 0.0979. The summed E-state index contributed by atoms with van der Waals surface area (Å²) in [7, 11) is 1.58. The van der Waals surface area contributed by atoms with Gasteiger partial charge in [-0.05, 0) is 36.5 Å². The van der Waals surface area contributed by atoms with Crippen molar-refractivity contribution in [1.29, 1.82) is 0 Å². The number of aromatic nitrogens is 1. The number of pyridine rings is 1. The van der Waals surface area contributed by atoms with Gasteiger partial charge in [0, 0.05) is 10.9 Å². The van der Waals surface area contributed by atoms with E-state index in [0.29, 0.717) is 17.0 Å².